The number of hydrogen-bond acceptors (Lipinski definition) is 6. The van der Waals surface area contributed by atoms with Gasteiger partial charge in [0.2, 0.25) is 11.9 Å². The van der Waals surface area contributed by atoms with Crippen LogP contribution < -0.4 is 15.1 Å². The Morgan fingerprint density at radius 1 is 1.19 bits per heavy atom. The molecule has 0 saturated heterocycles. The summed E-state index contributed by atoms with van der Waals surface area (Å²) in [5.41, 5.74) is 3.67. The molecule has 8 nitrogen and oxygen atoms in total. The number of likely N-dealkylation sites (N-methyl/N-ethyl adjacent to an activating group) is 1. The number of fused-ring (bicyclic) bond motifs is 1. The molecule has 0 atom stereocenters. The molecule has 1 aromatic heterocycles. The largest absolute Gasteiger partial charge is 0.357 e. The molecule has 0 aliphatic carbocycles. The third-order valence-corrected chi connectivity index (χ3v) is 5.99. The van der Waals surface area contributed by atoms with Gasteiger partial charge in [-0.25, -0.2) is 4.98 Å². The van der Waals surface area contributed by atoms with Crippen LogP contribution in [0, 0.1) is 0 Å². The summed E-state index contributed by atoms with van der Waals surface area (Å²) in [4.78, 5) is 40.0. The van der Waals surface area contributed by atoms with E-state index in [1.807, 2.05) is 42.8 Å². The summed E-state index contributed by atoms with van der Waals surface area (Å²) in [7, 11) is 1.95. The molecule has 168 valence electrons. The maximum absolute atomic E-state index is 13.4. The molecule has 2 aliphatic rings. The van der Waals surface area contributed by atoms with Crippen molar-refractivity contribution in [1.82, 2.24) is 14.9 Å². The number of carbonyl (C=O) groups is 2. The maximum atomic E-state index is 13.4. The minimum atomic E-state index is -0.0955. The van der Waals surface area contributed by atoms with Crippen LogP contribution in [0.25, 0.3) is 5.57 Å². The topological polar surface area (TPSA) is 81.7 Å². The first-order chi connectivity index (χ1) is 15.5. The fraction of sp³-hybridized carbons (Fsp3) is 0.417. The number of amides is 2. The third-order valence-electron chi connectivity index (χ3n) is 5.99. The van der Waals surface area contributed by atoms with Crippen molar-refractivity contribution in [3.8, 4) is 0 Å². The number of carbonyl (C=O) groups excluding carboxylic acids is 2. The molecule has 0 spiro atoms. The van der Waals surface area contributed by atoms with Crippen molar-refractivity contribution in [3.63, 3.8) is 0 Å². The van der Waals surface area contributed by atoms with E-state index in [0.717, 1.165) is 30.8 Å². The zero-order chi connectivity index (χ0) is 22.7. The zero-order valence-corrected chi connectivity index (χ0v) is 19.0. The second-order valence-electron chi connectivity index (χ2n) is 8.06. The van der Waals surface area contributed by atoms with Crippen molar-refractivity contribution in [3.05, 3.63) is 47.7 Å². The Labute approximate surface area is 188 Å². The summed E-state index contributed by atoms with van der Waals surface area (Å²) < 4.78 is 0. The van der Waals surface area contributed by atoms with Crippen molar-refractivity contribution in [1.29, 1.82) is 0 Å². The predicted molar refractivity (Wildman–Crippen MR) is 127 cm³/mol. The molecule has 0 bridgehead atoms. The second-order valence-corrected chi connectivity index (χ2v) is 8.06. The highest BCUT2D eigenvalue weighted by Gasteiger charge is 2.28. The van der Waals surface area contributed by atoms with Gasteiger partial charge in [-0.05, 0) is 36.6 Å². The number of anilines is 3. The number of benzene rings is 1. The highest BCUT2D eigenvalue weighted by molar-refractivity contribution is 6.09. The van der Waals surface area contributed by atoms with Crippen LogP contribution in [0.4, 0.5) is 17.5 Å². The fourth-order valence-corrected chi connectivity index (χ4v) is 4.16. The Hall–Kier alpha value is -3.42. The summed E-state index contributed by atoms with van der Waals surface area (Å²) in [5, 5.41) is 3.11. The van der Waals surface area contributed by atoms with Crippen molar-refractivity contribution < 1.29 is 9.59 Å². The summed E-state index contributed by atoms with van der Waals surface area (Å²) >= 11 is 0. The van der Waals surface area contributed by atoms with Crippen molar-refractivity contribution in [2.75, 3.05) is 54.9 Å². The van der Waals surface area contributed by atoms with Gasteiger partial charge in [0.15, 0.2) is 0 Å². The van der Waals surface area contributed by atoms with Gasteiger partial charge in [-0.1, -0.05) is 25.1 Å². The standard InChI is InChI=1S/C24H30N6O2/c1-4-21(31)29-11-9-17(10-12-29)18-7-6-8-19(15-18)30-14-13-28(3)22-20(23(30)32)16-26-24(27-22)25-5-2/h6-9,15-16H,4-5,10-14H2,1-3H3,(H,25,26,27). The molecule has 0 unspecified atom stereocenters. The van der Waals surface area contributed by atoms with E-state index in [4.69, 9.17) is 0 Å². The van der Waals surface area contributed by atoms with E-state index in [2.05, 4.69) is 33.5 Å². The molecular weight excluding hydrogens is 404 g/mol. The lowest BCUT2D eigenvalue weighted by atomic mass is 9.98. The first-order valence-corrected chi connectivity index (χ1v) is 11.2. The number of hydrogen-bond donors (Lipinski definition) is 1. The van der Waals surface area contributed by atoms with Crippen LogP contribution in [0.2, 0.25) is 0 Å². The smallest absolute Gasteiger partial charge is 0.263 e. The van der Waals surface area contributed by atoms with E-state index >= 15 is 0 Å². The molecule has 2 amide bonds. The minimum absolute atomic E-state index is 0.0955. The van der Waals surface area contributed by atoms with E-state index in [9.17, 15) is 9.59 Å². The third kappa shape index (κ3) is 4.30. The van der Waals surface area contributed by atoms with Gasteiger partial charge in [-0.2, -0.15) is 4.98 Å². The minimum Gasteiger partial charge on any atom is -0.357 e. The average molecular weight is 435 g/mol. The van der Waals surface area contributed by atoms with Crippen LogP contribution in [0.5, 0.6) is 0 Å². The molecular formula is C24H30N6O2. The number of rotatable bonds is 5. The fourth-order valence-electron chi connectivity index (χ4n) is 4.16. The van der Waals surface area contributed by atoms with Gasteiger partial charge in [0.25, 0.3) is 5.91 Å². The molecule has 0 fully saturated rings. The van der Waals surface area contributed by atoms with Gasteiger partial charge in [0, 0.05) is 58.1 Å². The van der Waals surface area contributed by atoms with Gasteiger partial charge in [0.05, 0.1) is 0 Å². The Balaban J connectivity index is 1.60. The summed E-state index contributed by atoms with van der Waals surface area (Å²) in [6.07, 6.45) is 5.09. The van der Waals surface area contributed by atoms with Crippen LogP contribution in [-0.4, -0.2) is 66.5 Å². The predicted octanol–water partition coefficient (Wildman–Crippen LogP) is 3.03. The average Bonchev–Trinajstić information content (AvgIpc) is 2.95. The van der Waals surface area contributed by atoms with E-state index in [1.165, 1.54) is 5.57 Å². The monoisotopic (exact) mass is 434 g/mol. The summed E-state index contributed by atoms with van der Waals surface area (Å²) in [6, 6.07) is 8.10. The van der Waals surface area contributed by atoms with Crippen LogP contribution in [0.1, 0.15) is 42.6 Å². The van der Waals surface area contributed by atoms with Crippen molar-refractivity contribution >= 4 is 34.8 Å². The number of aromatic nitrogens is 2. The highest BCUT2D eigenvalue weighted by atomic mass is 16.2. The molecule has 0 saturated carbocycles. The van der Waals surface area contributed by atoms with E-state index < -0.39 is 0 Å². The normalized spacial score (nSPS) is 16.4. The molecule has 2 aromatic rings. The quantitative estimate of drug-likeness (QED) is 0.779. The Kier molecular flexibility index (Phi) is 6.39. The lowest BCUT2D eigenvalue weighted by molar-refractivity contribution is -0.130. The van der Waals surface area contributed by atoms with Crippen molar-refractivity contribution in [2.24, 2.45) is 0 Å². The molecule has 0 radical (unpaired) electrons. The van der Waals surface area contributed by atoms with Gasteiger partial charge < -0.3 is 20.0 Å². The zero-order valence-electron chi connectivity index (χ0n) is 19.0. The van der Waals surface area contributed by atoms with E-state index in [1.54, 1.807) is 11.1 Å². The van der Waals surface area contributed by atoms with Crippen LogP contribution >= 0.6 is 0 Å². The Bertz CT molecular complexity index is 1050. The van der Waals surface area contributed by atoms with Crippen LogP contribution in [-0.2, 0) is 4.79 Å². The lowest BCUT2D eigenvalue weighted by Crippen LogP contribution is -2.34. The molecule has 3 heterocycles. The Morgan fingerprint density at radius 3 is 2.75 bits per heavy atom. The van der Waals surface area contributed by atoms with E-state index in [0.29, 0.717) is 43.4 Å². The molecule has 2 aliphatic heterocycles. The lowest BCUT2D eigenvalue weighted by Gasteiger charge is -2.27. The molecule has 1 aromatic carbocycles. The highest BCUT2D eigenvalue weighted by Crippen LogP contribution is 2.30. The van der Waals surface area contributed by atoms with Gasteiger partial charge >= 0.3 is 0 Å². The van der Waals surface area contributed by atoms with Gasteiger partial charge in [-0.3, -0.25) is 9.59 Å². The Morgan fingerprint density at radius 2 is 2.03 bits per heavy atom. The summed E-state index contributed by atoms with van der Waals surface area (Å²) in [6.45, 7) is 7.19. The van der Waals surface area contributed by atoms with E-state index in [-0.39, 0.29) is 11.8 Å². The molecule has 4 rings (SSSR count). The second kappa shape index (κ2) is 9.38. The van der Waals surface area contributed by atoms with Gasteiger partial charge in [0.1, 0.15) is 11.4 Å². The molecule has 32 heavy (non-hydrogen) atoms. The molecule has 1 N–H and O–H groups in total. The van der Waals surface area contributed by atoms with Crippen LogP contribution in [0.3, 0.4) is 0 Å². The van der Waals surface area contributed by atoms with Crippen LogP contribution in [0.15, 0.2) is 36.5 Å². The SMILES string of the molecule is CCNc1ncc2c(n1)N(C)CCN(c1cccc(C3=CCN(C(=O)CC)CC3)c1)C2=O. The van der Waals surface area contributed by atoms with Gasteiger partial charge in [-0.15, -0.1) is 0 Å². The first kappa shape index (κ1) is 21.8. The van der Waals surface area contributed by atoms with Crippen molar-refractivity contribution in [2.45, 2.75) is 26.7 Å². The maximum Gasteiger partial charge on any atom is 0.263 e. The number of nitrogens with zero attached hydrogens (tertiary/aromatic N) is 5. The molecule has 8 heteroatoms. The summed E-state index contributed by atoms with van der Waals surface area (Å²) in [5.74, 6) is 1.27. The first-order valence-electron chi connectivity index (χ1n) is 11.2. The number of nitrogens with one attached hydrogen (secondary N) is 1.